The molecule has 0 saturated carbocycles. The number of benzene rings is 2. The van der Waals surface area contributed by atoms with Gasteiger partial charge in [0.1, 0.15) is 14.1 Å². The van der Waals surface area contributed by atoms with Crippen molar-refractivity contribution in [2.24, 2.45) is 5.73 Å². The van der Waals surface area contributed by atoms with E-state index in [1.54, 1.807) is 0 Å². The molecule has 0 atom stereocenters. The van der Waals surface area contributed by atoms with E-state index in [0.717, 1.165) is 10.9 Å². The molecule has 0 amide bonds. The van der Waals surface area contributed by atoms with Crippen molar-refractivity contribution in [1.29, 1.82) is 5.26 Å². The van der Waals surface area contributed by atoms with E-state index in [2.05, 4.69) is 0 Å². The van der Waals surface area contributed by atoms with E-state index in [1.165, 1.54) is 6.08 Å². The molecule has 0 unspecified atom stereocenters. The van der Waals surface area contributed by atoms with Gasteiger partial charge < -0.3 is 15.0 Å². The van der Waals surface area contributed by atoms with Crippen molar-refractivity contribution in [1.82, 2.24) is 0 Å². The minimum atomic E-state index is -2.03. The fourth-order valence-corrected chi connectivity index (χ4v) is 3.45. The second-order valence-electron chi connectivity index (χ2n) is 7.07. The number of nitrogens with two attached hydrogens (primary N) is 1. The summed E-state index contributed by atoms with van der Waals surface area (Å²) < 4.78 is 15.0. The van der Waals surface area contributed by atoms with Gasteiger partial charge in [-0.1, -0.05) is 60.7 Å². The number of hydrogen-bond acceptors (Lipinski definition) is 4. The maximum atomic E-state index is 9.07. The van der Waals surface area contributed by atoms with Gasteiger partial charge in [-0.2, -0.15) is 5.26 Å². The largest absolute Gasteiger partial charge is 0.678 e. The monoisotopic (exact) mass is 385 g/mol. The molecular formula is C23H24BN3O2. The molecule has 1 aliphatic rings. The maximum Gasteiger partial charge on any atom is 0.405 e. The molecule has 0 spiro atoms. The van der Waals surface area contributed by atoms with Crippen molar-refractivity contribution >= 4 is 23.7 Å². The highest BCUT2D eigenvalue weighted by Crippen LogP contribution is 2.32. The van der Waals surface area contributed by atoms with Crippen LogP contribution in [-0.4, -0.2) is 31.4 Å². The van der Waals surface area contributed by atoms with Crippen LogP contribution in [0.15, 0.2) is 95.6 Å². The fraction of sp³-hybridized carbons (Fsp3) is 0.130. The van der Waals surface area contributed by atoms with Crippen LogP contribution in [0.3, 0.4) is 0 Å². The summed E-state index contributed by atoms with van der Waals surface area (Å²) >= 11 is 0. The molecule has 5 nitrogen and oxygen atoms in total. The third-order valence-electron chi connectivity index (χ3n) is 4.74. The lowest BCUT2D eigenvalue weighted by molar-refractivity contribution is -0.458. The van der Waals surface area contributed by atoms with Crippen LogP contribution in [0, 0.1) is 11.3 Å². The van der Waals surface area contributed by atoms with E-state index in [9.17, 15) is 0 Å². The van der Waals surface area contributed by atoms with Crippen LogP contribution in [0.1, 0.15) is 6.92 Å². The zero-order valence-corrected chi connectivity index (χ0v) is 16.9. The summed E-state index contributed by atoms with van der Waals surface area (Å²) in [6.07, 6.45) is 5.02. The van der Waals surface area contributed by atoms with Crippen molar-refractivity contribution in [3.8, 4) is 6.07 Å². The van der Waals surface area contributed by atoms with Crippen LogP contribution in [0.25, 0.3) is 0 Å². The van der Waals surface area contributed by atoms with Gasteiger partial charge >= 0.3 is 6.55 Å². The van der Waals surface area contributed by atoms with Crippen LogP contribution in [0.2, 0.25) is 0 Å². The Hall–Kier alpha value is -3.72. The molecule has 146 valence electrons. The molecule has 0 aliphatic carbocycles. The molecule has 0 saturated heterocycles. The summed E-state index contributed by atoms with van der Waals surface area (Å²) in [5.41, 5.74) is 8.87. The van der Waals surface area contributed by atoms with Gasteiger partial charge in [0.05, 0.1) is 28.9 Å². The van der Waals surface area contributed by atoms with Gasteiger partial charge in [-0.05, 0) is 6.92 Å². The molecule has 2 N–H and O–H groups in total. The van der Waals surface area contributed by atoms with Gasteiger partial charge in [-0.25, -0.2) is 4.58 Å². The molecule has 0 fully saturated rings. The van der Waals surface area contributed by atoms with Crippen LogP contribution in [0.4, 0.5) is 0 Å². The number of rotatable bonds is 4. The van der Waals surface area contributed by atoms with Gasteiger partial charge in [-0.3, -0.25) is 0 Å². The fourth-order valence-electron chi connectivity index (χ4n) is 3.45. The van der Waals surface area contributed by atoms with E-state index in [-0.39, 0.29) is 0 Å². The summed E-state index contributed by atoms with van der Waals surface area (Å²) in [5, 5.41) is 9.07. The standard InChI is InChI=1S/C23H24BN3O2/c1-18-23(21(26)14-16-25)22(15-17-27(2)3)29-24(28-18,19-10-6-4-7-11-19)20-12-8-5-9-13-20/h4-15,17H,26H2,1-3H3/b21-14+,22-15-. The van der Waals surface area contributed by atoms with Gasteiger partial charge in [0, 0.05) is 12.2 Å². The summed E-state index contributed by atoms with van der Waals surface area (Å²) in [6.45, 7) is -0.179. The molecule has 3 rings (SSSR count). The Balaban J connectivity index is 2.28. The Bertz CT molecular complexity index is 1010. The number of nitriles is 1. The van der Waals surface area contributed by atoms with Crippen LogP contribution < -0.4 is 16.7 Å². The van der Waals surface area contributed by atoms with Gasteiger partial charge in [0.15, 0.2) is 6.21 Å². The lowest BCUT2D eigenvalue weighted by atomic mass is 9.45. The first kappa shape index (κ1) is 20.0. The average molecular weight is 385 g/mol. The van der Waals surface area contributed by atoms with Crippen molar-refractivity contribution in [3.63, 3.8) is 0 Å². The lowest BCUT2D eigenvalue weighted by Gasteiger charge is -2.49. The molecule has 0 aromatic heterocycles. The summed E-state index contributed by atoms with van der Waals surface area (Å²) in [7, 11) is 3.85. The van der Waals surface area contributed by atoms with Crippen molar-refractivity contribution in [3.05, 3.63) is 95.6 Å². The predicted molar refractivity (Wildman–Crippen MR) is 117 cm³/mol. The highest BCUT2D eigenvalue weighted by Gasteiger charge is 2.40. The zero-order valence-electron chi connectivity index (χ0n) is 16.9. The topological polar surface area (TPSA) is 71.3 Å². The molecule has 6 heteroatoms. The number of allylic oxidation sites excluding steroid dienone is 3. The number of nitrogens with zero attached hydrogens (tertiary/aromatic N) is 2. The van der Waals surface area contributed by atoms with Crippen LogP contribution in [0.5, 0.6) is 0 Å². The third kappa shape index (κ3) is 4.09. The Labute approximate surface area is 171 Å². The van der Waals surface area contributed by atoms with E-state index in [1.807, 2.05) is 105 Å². The van der Waals surface area contributed by atoms with E-state index >= 15 is 0 Å². The highest BCUT2D eigenvalue weighted by molar-refractivity contribution is 6.93. The SMILES string of the molecule is CC1=C(/C(N)=C\C#N)/C(=C/C=[N+](C)C)O[B-](c2ccccc2)(c2ccccc2)O1. The van der Waals surface area contributed by atoms with Gasteiger partial charge in [0.2, 0.25) is 0 Å². The van der Waals surface area contributed by atoms with Crippen molar-refractivity contribution < 1.29 is 13.9 Å². The summed E-state index contributed by atoms with van der Waals surface area (Å²) in [5.74, 6) is 1.16. The van der Waals surface area contributed by atoms with E-state index in [4.69, 9.17) is 20.3 Å². The Morgan fingerprint density at radius 2 is 1.55 bits per heavy atom. The van der Waals surface area contributed by atoms with E-state index in [0.29, 0.717) is 22.8 Å². The Morgan fingerprint density at radius 1 is 1.00 bits per heavy atom. The molecule has 2 aromatic rings. The minimum Gasteiger partial charge on any atom is -0.678 e. The third-order valence-corrected chi connectivity index (χ3v) is 4.74. The van der Waals surface area contributed by atoms with Crippen molar-refractivity contribution in [2.75, 3.05) is 14.1 Å². The number of hydrogen-bond donors (Lipinski definition) is 1. The molecule has 0 radical (unpaired) electrons. The first-order valence-corrected chi connectivity index (χ1v) is 9.39. The molecule has 1 aliphatic heterocycles. The molecule has 0 bridgehead atoms. The zero-order chi connectivity index (χ0) is 20.9. The maximum absolute atomic E-state index is 9.07. The summed E-state index contributed by atoms with van der Waals surface area (Å²) in [6, 6.07) is 21.7. The van der Waals surface area contributed by atoms with E-state index < -0.39 is 6.55 Å². The second kappa shape index (κ2) is 8.53. The average Bonchev–Trinajstić information content (AvgIpc) is 2.73. The lowest BCUT2D eigenvalue weighted by Crippen LogP contribution is -2.64. The second-order valence-corrected chi connectivity index (χ2v) is 7.07. The van der Waals surface area contributed by atoms with Gasteiger partial charge in [-0.15, -0.1) is 10.9 Å². The quantitative estimate of drug-likeness (QED) is 0.379. The first-order valence-electron chi connectivity index (χ1n) is 9.39. The Kier molecular flexibility index (Phi) is 5.89. The van der Waals surface area contributed by atoms with Gasteiger partial charge in [0.25, 0.3) is 0 Å². The highest BCUT2D eigenvalue weighted by atomic mass is 16.6. The molecule has 2 aromatic carbocycles. The predicted octanol–water partition coefficient (Wildman–Crippen LogP) is 2.16. The van der Waals surface area contributed by atoms with Crippen LogP contribution in [-0.2, 0) is 9.31 Å². The normalized spacial score (nSPS) is 17.2. The first-order chi connectivity index (χ1) is 14.0. The smallest absolute Gasteiger partial charge is 0.405 e. The summed E-state index contributed by atoms with van der Waals surface area (Å²) in [4.78, 5) is 0. The van der Waals surface area contributed by atoms with Crippen molar-refractivity contribution in [2.45, 2.75) is 6.92 Å². The molecule has 1 heterocycles. The van der Waals surface area contributed by atoms with Crippen LogP contribution >= 0.6 is 0 Å². The Morgan fingerprint density at radius 3 is 2.03 bits per heavy atom. The minimum absolute atomic E-state index is 0.300. The molecule has 29 heavy (non-hydrogen) atoms. The molecular weight excluding hydrogens is 361 g/mol.